The SMILES string of the molecule is CC(C)(C)OC(=O)N1CC[C@@H](CNc2ccncn2)C(F)(F)C1. The summed E-state index contributed by atoms with van der Waals surface area (Å²) in [6, 6.07) is 1.62. The number of nitrogens with one attached hydrogen (secondary N) is 1. The van der Waals surface area contributed by atoms with Gasteiger partial charge in [0.15, 0.2) is 0 Å². The van der Waals surface area contributed by atoms with Crippen LogP contribution in [0.1, 0.15) is 27.2 Å². The van der Waals surface area contributed by atoms with Crippen LogP contribution in [0.4, 0.5) is 19.4 Å². The van der Waals surface area contributed by atoms with Crippen molar-refractivity contribution in [2.75, 3.05) is 25.0 Å². The Labute approximate surface area is 134 Å². The highest BCUT2D eigenvalue weighted by molar-refractivity contribution is 5.68. The molecule has 1 aromatic heterocycles. The summed E-state index contributed by atoms with van der Waals surface area (Å²) < 4.78 is 33.7. The first-order chi connectivity index (χ1) is 10.7. The fourth-order valence-corrected chi connectivity index (χ4v) is 2.34. The molecular formula is C15H22F2N4O2. The predicted molar refractivity (Wildman–Crippen MR) is 81.4 cm³/mol. The number of rotatable bonds is 3. The number of amides is 1. The van der Waals surface area contributed by atoms with Crippen LogP contribution in [0.2, 0.25) is 0 Å². The Balaban J connectivity index is 1.91. The molecule has 0 aromatic carbocycles. The number of piperidine rings is 1. The second kappa shape index (κ2) is 6.64. The number of likely N-dealkylation sites (tertiary alicyclic amines) is 1. The van der Waals surface area contributed by atoms with Crippen molar-refractivity contribution in [2.24, 2.45) is 5.92 Å². The molecule has 1 saturated heterocycles. The van der Waals surface area contributed by atoms with Gasteiger partial charge in [-0.25, -0.2) is 23.5 Å². The van der Waals surface area contributed by atoms with Gasteiger partial charge in [0.2, 0.25) is 0 Å². The van der Waals surface area contributed by atoms with Gasteiger partial charge in [-0.05, 0) is 33.3 Å². The molecule has 0 unspecified atom stereocenters. The first-order valence-electron chi connectivity index (χ1n) is 7.53. The molecule has 1 amide bonds. The van der Waals surface area contributed by atoms with Gasteiger partial charge in [0.1, 0.15) is 17.7 Å². The monoisotopic (exact) mass is 328 g/mol. The molecule has 0 spiro atoms. The average Bonchev–Trinajstić information content (AvgIpc) is 2.44. The number of anilines is 1. The van der Waals surface area contributed by atoms with Crippen LogP contribution in [0.3, 0.4) is 0 Å². The second-order valence-electron chi connectivity index (χ2n) is 6.62. The Morgan fingerprint density at radius 2 is 2.26 bits per heavy atom. The van der Waals surface area contributed by atoms with Crippen LogP contribution in [-0.2, 0) is 4.74 Å². The summed E-state index contributed by atoms with van der Waals surface area (Å²) in [5.41, 5.74) is -0.697. The van der Waals surface area contributed by atoms with Gasteiger partial charge in [-0.2, -0.15) is 0 Å². The Morgan fingerprint density at radius 3 is 2.83 bits per heavy atom. The molecule has 0 bridgehead atoms. The lowest BCUT2D eigenvalue weighted by Crippen LogP contribution is -2.53. The van der Waals surface area contributed by atoms with Gasteiger partial charge in [-0.1, -0.05) is 0 Å². The highest BCUT2D eigenvalue weighted by Crippen LogP contribution is 2.33. The van der Waals surface area contributed by atoms with E-state index in [1.807, 2.05) is 0 Å². The molecule has 1 fully saturated rings. The lowest BCUT2D eigenvalue weighted by Gasteiger charge is -2.38. The Kier molecular flexibility index (Phi) is 5.01. The number of alkyl halides is 2. The molecule has 0 saturated carbocycles. The number of ether oxygens (including phenoxy) is 1. The van der Waals surface area contributed by atoms with Crippen molar-refractivity contribution in [3.63, 3.8) is 0 Å². The summed E-state index contributed by atoms with van der Waals surface area (Å²) >= 11 is 0. The largest absolute Gasteiger partial charge is 0.444 e. The molecular weight excluding hydrogens is 306 g/mol. The zero-order chi connectivity index (χ0) is 17.1. The van der Waals surface area contributed by atoms with Crippen molar-refractivity contribution in [3.8, 4) is 0 Å². The van der Waals surface area contributed by atoms with Gasteiger partial charge in [0.25, 0.3) is 5.92 Å². The molecule has 1 N–H and O–H groups in total. The van der Waals surface area contributed by atoms with Crippen LogP contribution in [0.5, 0.6) is 0 Å². The normalized spacial score (nSPS) is 20.9. The van der Waals surface area contributed by atoms with Crippen molar-refractivity contribution in [1.29, 1.82) is 0 Å². The van der Waals surface area contributed by atoms with E-state index in [1.165, 1.54) is 6.33 Å². The van der Waals surface area contributed by atoms with Gasteiger partial charge in [-0.15, -0.1) is 0 Å². The third-order valence-electron chi connectivity index (χ3n) is 3.51. The maximum Gasteiger partial charge on any atom is 0.410 e. The number of hydrogen-bond donors (Lipinski definition) is 1. The molecule has 8 heteroatoms. The van der Waals surface area contributed by atoms with E-state index >= 15 is 0 Å². The van der Waals surface area contributed by atoms with Gasteiger partial charge in [0, 0.05) is 25.2 Å². The first-order valence-corrected chi connectivity index (χ1v) is 7.53. The summed E-state index contributed by atoms with van der Waals surface area (Å²) in [6.45, 7) is 4.84. The van der Waals surface area contributed by atoms with E-state index in [-0.39, 0.29) is 19.5 Å². The molecule has 2 heterocycles. The number of carbonyl (C=O) groups excluding carboxylic acids is 1. The van der Waals surface area contributed by atoms with E-state index in [1.54, 1.807) is 33.0 Å². The molecule has 1 aliphatic heterocycles. The number of halogens is 2. The molecule has 2 rings (SSSR count). The Hall–Kier alpha value is -1.99. The van der Waals surface area contributed by atoms with E-state index in [0.717, 1.165) is 4.90 Å². The fraction of sp³-hybridized carbons (Fsp3) is 0.667. The van der Waals surface area contributed by atoms with Gasteiger partial charge >= 0.3 is 6.09 Å². The lowest BCUT2D eigenvalue weighted by molar-refractivity contribution is -0.106. The zero-order valence-electron chi connectivity index (χ0n) is 13.6. The van der Waals surface area contributed by atoms with Crippen LogP contribution in [0, 0.1) is 5.92 Å². The highest BCUT2D eigenvalue weighted by atomic mass is 19.3. The fourth-order valence-electron chi connectivity index (χ4n) is 2.34. The van der Waals surface area contributed by atoms with Crippen molar-refractivity contribution in [1.82, 2.24) is 14.9 Å². The summed E-state index contributed by atoms with van der Waals surface area (Å²) in [7, 11) is 0. The van der Waals surface area contributed by atoms with Crippen molar-refractivity contribution >= 4 is 11.9 Å². The molecule has 23 heavy (non-hydrogen) atoms. The highest BCUT2D eigenvalue weighted by Gasteiger charge is 2.46. The third kappa shape index (κ3) is 5.01. The quantitative estimate of drug-likeness (QED) is 0.924. The average molecular weight is 328 g/mol. The van der Waals surface area contributed by atoms with E-state index in [9.17, 15) is 13.6 Å². The van der Waals surface area contributed by atoms with Gasteiger partial charge in [-0.3, -0.25) is 0 Å². The Bertz CT molecular complexity index is 534. The van der Waals surface area contributed by atoms with Crippen LogP contribution in [-0.4, -0.2) is 52.1 Å². The minimum absolute atomic E-state index is 0.0895. The molecule has 1 atom stereocenters. The van der Waals surface area contributed by atoms with E-state index in [2.05, 4.69) is 15.3 Å². The molecule has 128 valence electrons. The maximum absolute atomic E-state index is 14.3. The zero-order valence-corrected chi connectivity index (χ0v) is 13.6. The number of hydrogen-bond acceptors (Lipinski definition) is 5. The van der Waals surface area contributed by atoms with Crippen LogP contribution >= 0.6 is 0 Å². The Morgan fingerprint density at radius 1 is 1.52 bits per heavy atom. The minimum atomic E-state index is -2.98. The summed E-state index contributed by atoms with van der Waals surface area (Å²) in [6.07, 6.45) is 2.40. The second-order valence-corrected chi connectivity index (χ2v) is 6.62. The van der Waals surface area contributed by atoms with Crippen LogP contribution in [0.15, 0.2) is 18.6 Å². The van der Waals surface area contributed by atoms with Crippen molar-refractivity contribution in [2.45, 2.75) is 38.7 Å². The third-order valence-corrected chi connectivity index (χ3v) is 3.51. The number of nitrogens with zero attached hydrogens (tertiary/aromatic N) is 3. The number of aromatic nitrogens is 2. The standard InChI is InChI=1S/C15H22F2N4O2/c1-14(2,3)23-13(22)21-7-5-11(15(16,17)9-21)8-19-12-4-6-18-10-20-12/h4,6,10-11H,5,7-9H2,1-3H3,(H,18,19,20)/t11-/m0/s1. The van der Waals surface area contributed by atoms with Gasteiger partial charge < -0.3 is 15.0 Å². The molecule has 1 aliphatic rings. The summed E-state index contributed by atoms with van der Waals surface area (Å²) in [5, 5.41) is 2.89. The number of carbonyl (C=O) groups is 1. The maximum atomic E-state index is 14.3. The van der Waals surface area contributed by atoms with Crippen molar-refractivity contribution in [3.05, 3.63) is 18.6 Å². The molecule has 0 aliphatic carbocycles. The van der Waals surface area contributed by atoms with Gasteiger partial charge in [0.05, 0.1) is 6.54 Å². The minimum Gasteiger partial charge on any atom is -0.444 e. The smallest absolute Gasteiger partial charge is 0.410 e. The van der Waals surface area contributed by atoms with Crippen LogP contribution < -0.4 is 5.32 Å². The molecule has 1 aromatic rings. The van der Waals surface area contributed by atoms with E-state index < -0.39 is 30.1 Å². The van der Waals surface area contributed by atoms with E-state index in [4.69, 9.17) is 4.74 Å². The topological polar surface area (TPSA) is 67.3 Å². The predicted octanol–water partition coefficient (Wildman–Crippen LogP) is 2.78. The lowest BCUT2D eigenvalue weighted by atomic mass is 9.93. The first kappa shape index (κ1) is 17.4. The molecule has 6 nitrogen and oxygen atoms in total. The van der Waals surface area contributed by atoms with Crippen LogP contribution in [0.25, 0.3) is 0 Å². The summed E-state index contributed by atoms with van der Waals surface area (Å²) in [4.78, 5) is 20.7. The van der Waals surface area contributed by atoms with Crippen molar-refractivity contribution < 1.29 is 18.3 Å². The molecule has 0 radical (unpaired) electrons. The van der Waals surface area contributed by atoms with E-state index in [0.29, 0.717) is 5.82 Å². The summed E-state index contributed by atoms with van der Waals surface area (Å²) in [5.74, 6) is -3.34.